The lowest BCUT2D eigenvalue weighted by molar-refractivity contribution is 0.121. The van der Waals surface area contributed by atoms with E-state index in [0.29, 0.717) is 0 Å². The lowest BCUT2D eigenvalue weighted by Gasteiger charge is -2.16. The third kappa shape index (κ3) is 4.70. The number of carbonyl (C=O) groups excluding carboxylic acids is 1. The Labute approximate surface area is 101 Å². The van der Waals surface area contributed by atoms with Crippen LogP contribution in [-0.4, -0.2) is 23.3 Å². The van der Waals surface area contributed by atoms with E-state index in [4.69, 9.17) is 4.74 Å². The minimum Gasteiger partial charge on any atom is -0.445 e. The van der Waals surface area contributed by atoms with Gasteiger partial charge in [0, 0.05) is 0 Å². The maximum absolute atomic E-state index is 11.4. The van der Waals surface area contributed by atoms with Crippen LogP contribution < -0.4 is 5.32 Å². The first-order valence-electron chi connectivity index (χ1n) is 5.41. The van der Waals surface area contributed by atoms with Gasteiger partial charge in [0.1, 0.15) is 6.61 Å². The summed E-state index contributed by atoms with van der Waals surface area (Å²) in [6, 6.07) is 8.97. The fraction of sp³-hybridized carbons (Fsp3) is 0.308. The molecule has 0 aliphatic rings. The van der Waals surface area contributed by atoms with Gasteiger partial charge in [-0.2, -0.15) is 0 Å². The zero-order chi connectivity index (χ0) is 12.7. The molecule has 0 spiro atoms. The highest BCUT2D eigenvalue weighted by molar-refractivity contribution is 5.67. The van der Waals surface area contributed by atoms with Gasteiger partial charge in [0.25, 0.3) is 0 Å². The largest absolute Gasteiger partial charge is 0.445 e. The van der Waals surface area contributed by atoms with Gasteiger partial charge in [-0.1, -0.05) is 36.4 Å². The molecule has 1 amide bonds. The third-order valence-electron chi connectivity index (χ3n) is 2.31. The molecule has 4 nitrogen and oxygen atoms in total. The van der Waals surface area contributed by atoms with Gasteiger partial charge in [0.15, 0.2) is 0 Å². The van der Waals surface area contributed by atoms with Crippen molar-refractivity contribution >= 4 is 6.09 Å². The highest BCUT2D eigenvalue weighted by Crippen LogP contribution is 2.01. The van der Waals surface area contributed by atoms with Crippen LogP contribution in [-0.2, 0) is 11.3 Å². The first-order valence-corrected chi connectivity index (χ1v) is 5.41. The van der Waals surface area contributed by atoms with E-state index < -0.39 is 18.2 Å². The number of hydrogen-bond acceptors (Lipinski definition) is 3. The molecule has 17 heavy (non-hydrogen) atoms. The van der Waals surface area contributed by atoms with Crippen LogP contribution in [0.4, 0.5) is 4.79 Å². The van der Waals surface area contributed by atoms with Gasteiger partial charge < -0.3 is 15.2 Å². The molecule has 2 N–H and O–H groups in total. The van der Waals surface area contributed by atoms with Crippen LogP contribution in [0.15, 0.2) is 43.0 Å². The van der Waals surface area contributed by atoms with Crippen molar-refractivity contribution in [3.05, 3.63) is 48.6 Å². The summed E-state index contributed by atoms with van der Waals surface area (Å²) in [5, 5.41) is 11.9. The maximum Gasteiger partial charge on any atom is 0.407 e. The van der Waals surface area contributed by atoms with Crippen LogP contribution in [0.1, 0.15) is 12.5 Å². The van der Waals surface area contributed by atoms with Crippen molar-refractivity contribution in [3.8, 4) is 0 Å². The predicted octanol–water partition coefficient (Wildman–Crippen LogP) is 1.85. The molecule has 1 rings (SSSR count). The van der Waals surface area contributed by atoms with Crippen LogP contribution in [0.2, 0.25) is 0 Å². The standard InChI is InChI=1S/C13H17NO3/c1-3-12(15)10(2)14-13(16)17-9-11-7-5-4-6-8-11/h3-8,10,12,15H,1,9H2,2H3,(H,14,16)/t10-,12+/m0/s1. The Kier molecular flexibility index (Phi) is 5.23. The normalized spacial score (nSPS) is 13.5. The molecule has 0 saturated carbocycles. The van der Waals surface area contributed by atoms with Crippen LogP contribution in [0.3, 0.4) is 0 Å². The van der Waals surface area contributed by atoms with E-state index >= 15 is 0 Å². The number of rotatable bonds is 5. The quantitative estimate of drug-likeness (QED) is 0.766. The number of aliphatic hydroxyl groups excluding tert-OH is 1. The molecule has 4 heteroatoms. The molecule has 0 aromatic heterocycles. The monoisotopic (exact) mass is 235 g/mol. The second kappa shape index (κ2) is 6.70. The van der Waals surface area contributed by atoms with Gasteiger partial charge in [-0.05, 0) is 12.5 Å². The number of amides is 1. The molecule has 0 bridgehead atoms. The van der Waals surface area contributed by atoms with E-state index in [1.165, 1.54) is 6.08 Å². The highest BCUT2D eigenvalue weighted by atomic mass is 16.5. The van der Waals surface area contributed by atoms with Gasteiger partial charge in [-0.15, -0.1) is 6.58 Å². The first kappa shape index (κ1) is 13.3. The molecule has 1 aromatic carbocycles. The predicted molar refractivity (Wildman–Crippen MR) is 65.4 cm³/mol. The van der Waals surface area contributed by atoms with Crippen LogP contribution in [0.25, 0.3) is 0 Å². The highest BCUT2D eigenvalue weighted by Gasteiger charge is 2.13. The molecule has 2 atom stereocenters. The molecule has 0 unspecified atom stereocenters. The average molecular weight is 235 g/mol. The van der Waals surface area contributed by atoms with Gasteiger partial charge in [-0.3, -0.25) is 0 Å². The van der Waals surface area contributed by atoms with Crippen LogP contribution >= 0.6 is 0 Å². The zero-order valence-electron chi connectivity index (χ0n) is 9.80. The SMILES string of the molecule is C=C[C@@H](O)[C@H](C)NC(=O)OCc1ccccc1. The van der Waals surface area contributed by atoms with Crippen molar-refractivity contribution in [3.63, 3.8) is 0 Å². The number of benzene rings is 1. The van der Waals surface area contributed by atoms with Crippen molar-refractivity contribution < 1.29 is 14.6 Å². The Morgan fingerprint density at radius 2 is 2.18 bits per heavy atom. The number of nitrogens with one attached hydrogen (secondary N) is 1. The molecule has 92 valence electrons. The molecule has 0 aliphatic heterocycles. The van der Waals surface area contributed by atoms with Gasteiger partial charge in [-0.25, -0.2) is 4.79 Å². The molecular weight excluding hydrogens is 218 g/mol. The second-order valence-corrected chi connectivity index (χ2v) is 3.72. The fourth-order valence-corrected chi connectivity index (χ4v) is 1.24. The molecule has 0 saturated heterocycles. The van der Waals surface area contributed by atoms with Crippen LogP contribution in [0, 0.1) is 0 Å². The number of aliphatic hydroxyl groups is 1. The zero-order valence-corrected chi connectivity index (χ0v) is 9.80. The smallest absolute Gasteiger partial charge is 0.407 e. The fourth-order valence-electron chi connectivity index (χ4n) is 1.24. The van der Waals surface area contributed by atoms with Crippen molar-refractivity contribution in [2.45, 2.75) is 25.7 Å². The molecule has 0 aliphatic carbocycles. The molecular formula is C13H17NO3. The lowest BCUT2D eigenvalue weighted by Crippen LogP contribution is -2.40. The third-order valence-corrected chi connectivity index (χ3v) is 2.31. The summed E-state index contributed by atoms with van der Waals surface area (Å²) in [6.45, 7) is 5.33. The van der Waals surface area contributed by atoms with E-state index in [1.807, 2.05) is 30.3 Å². The Balaban J connectivity index is 2.33. The van der Waals surface area contributed by atoms with Gasteiger partial charge in [0.05, 0.1) is 12.1 Å². The molecule has 1 aromatic rings. The van der Waals surface area contributed by atoms with E-state index in [0.717, 1.165) is 5.56 Å². The number of hydrogen-bond donors (Lipinski definition) is 2. The maximum atomic E-state index is 11.4. The van der Waals surface area contributed by atoms with Crippen molar-refractivity contribution in [2.75, 3.05) is 0 Å². The first-order chi connectivity index (χ1) is 8.13. The van der Waals surface area contributed by atoms with Crippen molar-refractivity contribution in [1.29, 1.82) is 0 Å². The summed E-state index contributed by atoms with van der Waals surface area (Å²) in [7, 11) is 0. The molecule has 0 fully saturated rings. The molecule has 0 heterocycles. The van der Waals surface area contributed by atoms with E-state index in [9.17, 15) is 9.90 Å². The Morgan fingerprint density at radius 1 is 1.53 bits per heavy atom. The topological polar surface area (TPSA) is 58.6 Å². The van der Waals surface area contributed by atoms with E-state index in [1.54, 1.807) is 6.92 Å². The summed E-state index contributed by atoms with van der Waals surface area (Å²) in [6.07, 6.45) is 0.0313. The number of alkyl carbamates (subject to hydrolysis) is 1. The minimum atomic E-state index is -0.778. The Hall–Kier alpha value is -1.81. The molecule has 0 radical (unpaired) electrons. The van der Waals surface area contributed by atoms with Crippen molar-refractivity contribution in [1.82, 2.24) is 5.32 Å². The summed E-state index contributed by atoms with van der Waals surface area (Å²) in [5.74, 6) is 0. The summed E-state index contributed by atoms with van der Waals surface area (Å²) >= 11 is 0. The second-order valence-electron chi connectivity index (χ2n) is 3.72. The lowest BCUT2D eigenvalue weighted by atomic mass is 10.2. The summed E-state index contributed by atoms with van der Waals surface area (Å²) in [5.41, 5.74) is 0.916. The number of ether oxygens (including phenoxy) is 1. The number of carbonyl (C=O) groups is 1. The van der Waals surface area contributed by atoms with Crippen LogP contribution in [0.5, 0.6) is 0 Å². The van der Waals surface area contributed by atoms with Gasteiger partial charge >= 0.3 is 6.09 Å². The summed E-state index contributed by atoms with van der Waals surface area (Å²) < 4.78 is 5.00. The Morgan fingerprint density at radius 3 is 2.76 bits per heavy atom. The van der Waals surface area contributed by atoms with Gasteiger partial charge in [0.2, 0.25) is 0 Å². The average Bonchev–Trinajstić information content (AvgIpc) is 2.36. The van der Waals surface area contributed by atoms with E-state index in [2.05, 4.69) is 11.9 Å². The van der Waals surface area contributed by atoms with Crippen molar-refractivity contribution in [2.24, 2.45) is 0 Å². The van der Waals surface area contributed by atoms with E-state index in [-0.39, 0.29) is 6.61 Å². The minimum absolute atomic E-state index is 0.212. The summed E-state index contributed by atoms with van der Waals surface area (Å²) in [4.78, 5) is 11.4. The Bertz CT molecular complexity index is 364.